The minimum Gasteiger partial charge on any atom is -0.383 e. The first-order valence-electron chi connectivity index (χ1n) is 6.78. The van der Waals surface area contributed by atoms with E-state index in [0.29, 0.717) is 5.82 Å². The molecule has 0 aliphatic heterocycles. The van der Waals surface area contributed by atoms with E-state index in [9.17, 15) is 0 Å². The summed E-state index contributed by atoms with van der Waals surface area (Å²) in [4.78, 5) is 4.22. The largest absolute Gasteiger partial charge is 0.383 e. The van der Waals surface area contributed by atoms with Crippen molar-refractivity contribution >= 4 is 5.82 Å². The van der Waals surface area contributed by atoms with Crippen molar-refractivity contribution in [3.8, 4) is 0 Å². The number of nitrogens with two attached hydrogens (primary N) is 1. The Morgan fingerprint density at radius 3 is 2.89 bits per heavy atom. The fraction of sp³-hybridized carbons (Fsp3) is 0.533. The van der Waals surface area contributed by atoms with Crippen LogP contribution in [0.1, 0.15) is 49.3 Å². The van der Waals surface area contributed by atoms with E-state index in [1.54, 1.807) is 11.8 Å². The molecule has 2 rings (SSSR count). The van der Waals surface area contributed by atoms with Gasteiger partial charge in [0.25, 0.3) is 0 Å². The highest BCUT2D eigenvalue weighted by Crippen LogP contribution is 2.30. The maximum atomic E-state index is 6.03. The van der Waals surface area contributed by atoms with Gasteiger partial charge in [-0.3, -0.25) is 0 Å². The second kappa shape index (κ2) is 6.01. The van der Waals surface area contributed by atoms with E-state index in [1.165, 1.54) is 31.2 Å². The van der Waals surface area contributed by atoms with Gasteiger partial charge in [0, 0.05) is 17.8 Å². The van der Waals surface area contributed by atoms with Crippen LogP contribution in [0.4, 0.5) is 5.82 Å². The van der Waals surface area contributed by atoms with Crippen molar-refractivity contribution < 1.29 is 0 Å². The molecule has 1 aliphatic rings. The van der Waals surface area contributed by atoms with Gasteiger partial charge >= 0.3 is 0 Å². The molecule has 0 radical (unpaired) electrons. The first kappa shape index (κ1) is 13.1. The van der Waals surface area contributed by atoms with Crippen LogP contribution in [0.25, 0.3) is 0 Å². The fourth-order valence-corrected chi connectivity index (χ4v) is 2.74. The maximum Gasteiger partial charge on any atom is 0.128 e. The van der Waals surface area contributed by atoms with Gasteiger partial charge in [-0.1, -0.05) is 11.6 Å². The van der Waals surface area contributed by atoms with Crippen LogP contribution in [0.15, 0.2) is 23.9 Å². The zero-order valence-electron chi connectivity index (χ0n) is 11.4. The van der Waals surface area contributed by atoms with Crippen LogP contribution in [-0.4, -0.2) is 12.0 Å². The molecular formula is C15H23N3. The highest BCUT2D eigenvalue weighted by atomic mass is 14.9. The predicted molar refractivity (Wildman–Crippen MR) is 76.4 cm³/mol. The van der Waals surface area contributed by atoms with Crippen molar-refractivity contribution in [3.05, 3.63) is 35.0 Å². The molecule has 1 atom stereocenters. The number of aryl methyl sites for hydroxylation is 1. The molecule has 3 heteroatoms. The lowest BCUT2D eigenvalue weighted by atomic mass is 9.90. The molecule has 98 valence electrons. The van der Waals surface area contributed by atoms with E-state index in [0.717, 1.165) is 12.0 Å². The molecule has 1 unspecified atom stereocenters. The number of aromatic nitrogens is 1. The second-order valence-electron chi connectivity index (χ2n) is 5.08. The summed E-state index contributed by atoms with van der Waals surface area (Å²) >= 11 is 0. The summed E-state index contributed by atoms with van der Waals surface area (Å²) in [5.41, 5.74) is 9.97. The Morgan fingerprint density at radius 1 is 1.44 bits per heavy atom. The van der Waals surface area contributed by atoms with Crippen molar-refractivity contribution in [1.29, 1.82) is 0 Å². The van der Waals surface area contributed by atoms with Gasteiger partial charge in [0.1, 0.15) is 5.82 Å². The summed E-state index contributed by atoms with van der Waals surface area (Å²) in [5.74, 6) is 0.658. The monoisotopic (exact) mass is 245 g/mol. The Bertz CT molecular complexity index is 417. The molecule has 0 saturated heterocycles. The van der Waals surface area contributed by atoms with E-state index >= 15 is 0 Å². The lowest BCUT2D eigenvalue weighted by Gasteiger charge is -2.23. The van der Waals surface area contributed by atoms with Gasteiger partial charge in [0.15, 0.2) is 0 Å². The summed E-state index contributed by atoms with van der Waals surface area (Å²) in [5, 5.41) is 3.39. The average molecular weight is 245 g/mol. The van der Waals surface area contributed by atoms with Crippen LogP contribution in [0.5, 0.6) is 0 Å². The molecule has 1 aromatic heterocycles. The van der Waals surface area contributed by atoms with Crippen LogP contribution in [-0.2, 0) is 0 Å². The number of rotatable bonds is 4. The van der Waals surface area contributed by atoms with Crippen LogP contribution in [0, 0.1) is 6.92 Å². The van der Waals surface area contributed by atoms with Gasteiger partial charge in [-0.15, -0.1) is 0 Å². The number of anilines is 1. The molecule has 0 aromatic carbocycles. The van der Waals surface area contributed by atoms with Crippen LogP contribution >= 0.6 is 0 Å². The summed E-state index contributed by atoms with van der Waals surface area (Å²) < 4.78 is 0. The Labute approximate surface area is 109 Å². The molecule has 18 heavy (non-hydrogen) atoms. The molecule has 1 heterocycles. The van der Waals surface area contributed by atoms with E-state index in [2.05, 4.69) is 23.3 Å². The minimum atomic E-state index is 0.281. The topological polar surface area (TPSA) is 50.9 Å². The quantitative estimate of drug-likeness (QED) is 0.801. The molecule has 0 saturated carbocycles. The van der Waals surface area contributed by atoms with Crippen LogP contribution < -0.4 is 11.1 Å². The first-order chi connectivity index (χ1) is 8.72. The molecule has 0 fully saturated rings. The number of nitrogens with one attached hydrogen (secondary N) is 1. The van der Waals surface area contributed by atoms with Crippen molar-refractivity contribution in [2.24, 2.45) is 0 Å². The van der Waals surface area contributed by atoms with Crippen LogP contribution in [0.2, 0.25) is 0 Å². The summed E-state index contributed by atoms with van der Waals surface area (Å²) in [6, 6.07) is 2.31. The van der Waals surface area contributed by atoms with E-state index in [1.807, 2.05) is 13.1 Å². The van der Waals surface area contributed by atoms with Gasteiger partial charge in [-0.2, -0.15) is 0 Å². The molecule has 0 spiro atoms. The Kier molecular flexibility index (Phi) is 4.37. The Morgan fingerprint density at radius 2 is 2.28 bits per heavy atom. The first-order valence-corrected chi connectivity index (χ1v) is 6.78. The number of nitrogens with zero attached hydrogens (tertiary/aromatic N) is 1. The van der Waals surface area contributed by atoms with Gasteiger partial charge in [-0.05, 0) is 57.7 Å². The molecule has 1 aliphatic carbocycles. The summed E-state index contributed by atoms with van der Waals surface area (Å²) in [6.07, 6.45) is 10.3. The number of pyridine rings is 1. The van der Waals surface area contributed by atoms with E-state index in [4.69, 9.17) is 5.73 Å². The lowest BCUT2D eigenvalue weighted by Crippen LogP contribution is -2.20. The zero-order chi connectivity index (χ0) is 13.0. The smallest absolute Gasteiger partial charge is 0.128 e. The third-order valence-corrected chi connectivity index (χ3v) is 3.79. The third-order valence-electron chi connectivity index (χ3n) is 3.79. The average Bonchev–Trinajstić information content (AvgIpc) is 2.38. The molecule has 1 aromatic rings. The van der Waals surface area contributed by atoms with E-state index in [-0.39, 0.29) is 6.04 Å². The lowest BCUT2D eigenvalue weighted by molar-refractivity contribution is 0.557. The van der Waals surface area contributed by atoms with Gasteiger partial charge in [0.2, 0.25) is 0 Å². The maximum absolute atomic E-state index is 6.03. The van der Waals surface area contributed by atoms with Crippen molar-refractivity contribution in [2.45, 2.75) is 45.1 Å². The van der Waals surface area contributed by atoms with E-state index < -0.39 is 0 Å². The van der Waals surface area contributed by atoms with Gasteiger partial charge in [0.05, 0.1) is 0 Å². The standard InChI is InChI=1S/C15H23N3/c1-11-8-9-18-15(16)14(11)13(17-2)10-12-6-4-3-5-7-12/h6,8-9,13,17H,3-5,7,10H2,1-2H3,(H2,16,18). The number of hydrogen-bond donors (Lipinski definition) is 2. The third kappa shape index (κ3) is 2.91. The molecule has 3 N–H and O–H groups in total. The summed E-state index contributed by atoms with van der Waals surface area (Å²) in [6.45, 7) is 2.10. The number of hydrogen-bond acceptors (Lipinski definition) is 3. The SMILES string of the molecule is CNC(CC1=CCCCC1)c1c(C)ccnc1N. The second-order valence-corrected chi connectivity index (χ2v) is 5.08. The highest BCUT2D eigenvalue weighted by molar-refractivity contribution is 5.46. The predicted octanol–water partition coefficient (Wildman–Crippen LogP) is 3.12. The normalized spacial score (nSPS) is 17.3. The highest BCUT2D eigenvalue weighted by Gasteiger charge is 2.18. The van der Waals surface area contributed by atoms with Crippen LogP contribution in [0.3, 0.4) is 0 Å². The van der Waals surface area contributed by atoms with Crippen molar-refractivity contribution in [2.75, 3.05) is 12.8 Å². The Hall–Kier alpha value is -1.35. The minimum absolute atomic E-state index is 0.281. The molecule has 0 amide bonds. The number of nitrogen functional groups attached to an aromatic ring is 1. The zero-order valence-corrected chi connectivity index (χ0v) is 11.4. The van der Waals surface area contributed by atoms with Crippen molar-refractivity contribution in [3.63, 3.8) is 0 Å². The van der Waals surface area contributed by atoms with Crippen molar-refractivity contribution in [1.82, 2.24) is 10.3 Å². The van der Waals surface area contributed by atoms with Gasteiger partial charge < -0.3 is 11.1 Å². The Balaban J connectivity index is 2.20. The molecule has 0 bridgehead atoms. The van der Waals surface area contributed by atoms with Gasteiger partial charge in [-0.25, -0.2) is 4.98 Å². The molecular weight excluding hydrogens is 222 g/mol. The fourth-order valence-electron chi connectivity index (χ4n) is 2.74. The number of allylic oxidation sites excluding steroid dienone is 1. The summed E-state index contributed by atoms with van der Waals surface area (Å²) in [7, 11) is 2.00. The molecule has 3 nitrogen and oxygen atoms in total.